The molecule has 1 aliphatic carbocycles. The lowest BCUT2D eigenvalue weighted by Gasteiger charge is -2.37. The molecule has 2 nitrogen and oxygen atoms in total. The van der Waals surface area contributed by atoms with Crippen molar-refractivity contribution in [3.05, 3.63) is 0 Å². The highest BCUT2D eigenvalue weighted by Crippen LogP contribution is 2.37. The Hall–Kier alpha value is -0.0700. The normalized spacial score (nSPS) is 21.8. The van der Waals surface area contributed by atoms with E-state index in [1.54, 1.807) is 0 Å². The van der Waals surface area contributed by atoms with E-state index in [1.165, 1.54) is 38.5 Å². The van der Waals surface area contributed by atoms with E-state index >= 15 is 0 Å². The zero-order valence-corrected chi connectivity index (χ0v) is 12.8. The van der Waals surface area contributed by atoms with Crippen LogP contribution in [0.1, 0.15) is 51.9 Å². The molecule has 0 aliphatic heterocycles. The molecule has 0 spiro atoms. The Bertz CT molecular complexity index is 251. The van der Waals surface area contributed by atoms with E-state index in [2.05, 4.69) is 40.9 Å². The van der Waals surface area contributed by atoms with E-state index in [0.717, 1.165) is 11.9 Å². The molecule has 1 atom stereocenters. The molecule has 0 bridgehead atoms. The van der Waals surface area contributed by atoms with Crippen molar-refractivity contribution in [1.29, 1.82) is 5.26 Å². The molecule has 0 saturated heterocycles. The van der Waals surface area contributed by atoms with Gasteiger partial charge >= 0.3 is 0 Å². The van der Waals surface area contributed by atoms with Crippen LogP contribution in [0.15, 0.2) is 0 Å². The lowest BCUT2D eigenvalue weighted by molar-refractivity contribution is 0.145. The third kappa shape index (κ3) is 4.60. The number of hydrogen-bond acceptors (Lipinski definition) is 2. The molecular formula is C14H25BrN2. The lowest BCUT2D eigenvalue weighted by Crippen LogP contribution is -2.41. The minimum atomic E-state index is 0.374. The van der Waals surface area contributed by atoms with Crippen LogP contribution < -0.4 is 0 Å². The molecule has 17 heavy (non-hydrogen) atoms. The summed E-state index contributed by atoms with van der Waals surface area (Å²) in [5, 5.41) is 9.87. The van der Waals surface area contributed by atoms with Crippen LogP contribution in [0.3, 0.4) is 0 Å². The van der Waals surface area contributed by atoms with Crippen LogP contribution >= 0.6 is 15.9 Å². The van der Waals surface area contributed by atoms with Crippen molar-refractivity contribution in [2.45, 2.75) is 57.9 Å². The van der Waals surface area contributed by atoms with E-state index in [0.29, 0.717) is 17.9 Å². The minimum Gasteiger partial charge on any atom is -0.302 e. The lowest BCUT2D eigenvalue weighted by atomic mass is 9.81. The van der Waals surface area contributed by atoms with E-state index in [-0.39, 0.29) is 0 Å². The summed E-state index contributed by atoms with van der Waals surface area (Å²) in [4.78, 5) is 2.37. The largest absolute Gasteiger partial charge is 0.302 e. The van der Waals surface area contributed by atoms with E-state index < -0.39 is 0 Å². The monoisotopic (exact) mass is 300 g/mol. The maximum atomic E-state index is 8.77. The second-order valence-corrected chi connectivity index (χ2v) is 6.23. The average molecular weight is 301 g/mol. The van der Waals surface area contributed by atoms with Crippen molar-refractivity contribution in [2.24, 2.45) is 5.41 Å². The molecule has 1 rings (SSSR count). The Morgan fingerprint density at radius 2 is 1.88 bits per heavy atom. The number of rotatable bonds is 5. The molecule has 0 amide bonds. The number of halogens is 1. The van der Waals surface area contributed by atoms with Crippen molar-refractivity contribution in [3.8, 4) is 6.07 Å². The molecule has 0 aromatic rings. The van der Waals surface area contributed by atoms with Crippen LogP contribution in [0.4, 0.5) is 0 Å². The second-order valence-electron chi connectivity index (χ2n) is 5.67. The first kappa shape index (κ1) is 15.0. The Balaban J connectivity index is 2.57. The van der Waals surface area contributed by atoms with Gasteiger partial charge < -0.3 is 4.90 Å². The molecule has 3 heteroatoms. The molecule has 0 aromatic carbocycles. The van der Waals surface area contributed by atoms with Gasteiger partial charge in [-0.15, -0.1) is 0 Å². The Kier molecular flexibility index (Phi) is 6.51. The molecule has 0 aromatic heterocycles. The molecule has 0 N–H and O–H groups in total. The predicted molar refractivity (Wildman–Crippen MR) is 76.3 cm³/mol. The fourth-order valence-corrected chi connectivity index (χ4v) is 3.52. The standard InChI is InChI=1S/C14H25BrN2/c1-13(7-10-16)17(2)12-14(11-15)8-5-3-4-6-9-14/h13H,3-9,11-12H2,1-2H3. The highest BCUT2D eigenvalue weighted by molar-refractivity contribution is 9.09. The minimum absolute atomic E-state index is 0.374. The van der Waals surface area contributed by atoms with Gasteiger partial charge in [0.05, 0.1) is 12.5 Å². The quantitative estimate of drug-likeness (QED) is 0.568. The molecule has 1 saturated carbocycles. The van der Waals surface area contributed by atoms with Gasteiger partial charge in [0.1, 0.15) is 0 Å². The highest BCUT2D eigenvalue weighted by Gasteiger charge is 2.31. The molecule has 0 heterocycles. The first-order valence-electron chi connectivity index (χ1n) is 6.77. The zero-order chi connectivity index (χ0) is 12.7. The summed E-state index contributed by atoms with van der Waals surface area (Å²) in [6, 6.07) is 2.65. The molecule has 1 fully saturated rings. The molecule has 1 aliphatic rings. The van der Waals surface area contributed by atoms with Crippen LogP contribution in [-0.2, 0) is 0 Å². The topological polar surface area (TPSA) is 27.0 Å². The summed E-state index contributed by atoms with van der Waals surface area (Å²) in [5.74, 6) is 0. The van der Waals surface area contributed by atoms with Gasteiger partial charge in [0, 0.05) is 17.9 Å². The van der Waals surface area contributed by atoms with Crippen molar-refractivity contribution in [1.82, 2.24) is 4.90 Å². The molecular weight excluding hydrogens is 276 g/mol. The Labute approximate surface area is 114 Å². The fraction of sp³-hybridized carbons (Fsp3) is 0.929. The average Bonchev–Trinajstić information content (AvgIpc) is 2.55. The first-order chi connectivity index (χ1) is 8.13. The van der Waals surface area contributed by atoms with Crippen LogP contribution in [0.25, 0.3) is 0 Å². The third-order valence-electron chi connectivity index (χ3n) is 4.17. The smallest absolute Gasteiger partial charge is 0.0638 e. The molecule has 1 unspecified atom stereocenters. The van der Waals surface area contributed by atoms with Crippen molar-refractivity contribution in [3.63, 3.8) is 0 Å². The summed E-state index contributed by atoms with van der Waals surface area (Å²) in [5.41, 5.74) is 0.439. The van der Waals surface area contributed by atoms with Gasteiger partial charge in [0.25, 0.3) is 0 Å². The van der Waals surface area contributed by atoms with Crippen LogP contribution in [0.5, 0.6) is 0 Å². The maximum Gasteiger partial charge on any atom is 0.0638 e. The fourth-order valence-electron chi connectivity index (χ4n) is 2.79. The van der Waals surface area contributed by atoms with Crippen LogP contribution in [0.2, 0.25) is 0 Å². The van der Waals surface area contributed by atoms with E-state index in [1.807, 2.05) is 0 Å². The predicted octanol–water partition coefficient (Wildman–Crippen LogP) is 3.96. The van der Waals surface area contributed by atoms with Gasteiger partial charge in [0.2, 0.25) is 0 Å². The van der Waals surface area contributed by atoms with Crippen LogP contribution in [-0.4, -0.2) is 29.9 Å². The maximum absolute atomic E-state index is 8.77. The zero-order valence-electron chi connectivity index (χ0n) is 11.2. The van der Waals surface area contributed by atoms with Crippen LogP contribution in [0, 0.1) is 16.7 Å². The highest BCUT2D eigenvalue weighted by atomic mass is 79.9. The Morgan fingerprint density at radius 1 is 1.29 bits per heavy atom. The van der Waals surface area contributed by atoms with Gasteiger partial charge in [-0.2, -0.15) is 5.26 Å². The summed E-state index contributed by atoms with van der Waals surface area (Å²) < 4.78 is 0. The first-order valence-corrected chi connectivity index (χ1v) is 7.89. The third-order valence-corrected chi connectivity index (χ3v) is 5.36. The van der Waals surface area contributed by atoms with Gasteiger partial charge in [-0.3, -0.25) is 0 Å². The number of nitrogens with zero attached hydrogens (tertiary/aromatic N) is 2. The summed E-state index contributed by atoms with van der Waals surface area (Å²) in [6.07, 6.45) is 8.83. The van der Waals surface area contributed by atoms with Crippen molar-refractivity contribution < 1.29 is 0 Å². The molecule has 98 valence electrons. The number of hydrogen-bond donors (Lipinski definition) is 0. The summed E-state index contributed by atoms with van der Waals surface area (Å²) >= 11 is 3.73. The van der Waals surface area contributed by atoms with Crippen molar-refractivity contribution >= 4 is 15.9 Å². The molecule has 0 radical (unpaired) electrons. The second kappa shape index (κ2) is 7.38. The van der Waals surface area contributed by atoms with Gasteiger partial charge in [0.15, 0.2) is 0 Å². The number of nitriles is 1. The Morgan fingerprint density at radius 3 is 2.35 bits per heavy atom. The van der Waals surface area contributed by atoms with E-state index in [9.17, 15) is 0 Å². The van der Waals surface area contributed by atoms with Crippen molar-refractivity contribution in [2.75, 3.05) is 18.9 Å². The van der Waals surface area contributed by atoms with Gasteiger partial charge in [-0.25, -0.2) is 0 Å². The number of alkyl halides is 1. The summed E-state index contributed by atoms with van der Waals surface area (Å²) in [7, 11) is 2.16. The summed E-state index contributed by atoms with van der Waals surface area (Å²) in [6.45, 7) is 3.28. The SMILES string of the molecule is CC(CC#N)N(C)CC1(CBr)CCCCCC1. The van der Waals surface area contributed by atoms with E-state index in [4.69, 9.17) is 5.26 Å². The van der Waals surface area contributed by atoms with Gasteiger partial charge in [-0.1, -0.05) is 41.6 Å². The van der Waals surface area contributed by atoms with Gasteiger partial charge in [-0.05, 0) is 32.2 Å².